The van der Waals surface area contributed by atoms with Crippen molar-refractivity contribution in [1.82, 2.24) is 14.0 Å². The Morgan fingerprint density at radius 2 is 2.03 bits per heavy atom. The number of nitrogens with zero attached hydrogens (tertiary/aromatic N) is 5. The highest BCUT2D eigenvalue weighted by Crippen LogP contribution is 2.12. The third-order valence-electron chi connectivity index (χ3n) is 5.36. The maximum absolute atomic E-state index is 13.2. The molecule has 0 aliphatic carbocycles. The normalized spacial score (nSPS) is 11.9. The summed E-state index contributed by atoms with van der Waals surface area (Å²) < 4.78 is 8.78. The van der Waals surface area contributed by atoms with Crippen molar-refractivity contribution in [2.75, 3.05) is 6.61 Å². The van der Waals surface area contributed by atoms with Crippen LogP contribution in [-0.2, 0) is 11.3 Å². The summed E-state index contributed by atoms with van der Waals surface area (Å²) in [5, 5.41) is 10.2. The van der Waals surface area contributed by atoms with Crippen LogP contribution in [0.1, 0.15) is 41.8 Å². The van der Waals surface area contributed by atoms with Gasteiger partial charge in [-0.25, -0.2) is 4.98 Å². The lowest BCUT2D eigenvalue weighted by Crippen LogP contribution is -2.30. The number of ether oxygens (including phenoxy) is 1. The first kappa shape index (κ1) is 23.1. The van der Waals surface area contributed by atoms with Crippen molar-refractivity contribution in [3.05, 3.63) is 87.3 Å². The van der Waals surface area contributed by atoms with E-state index in [1.165, 1.54) is 10.5 Å². The van der Waals surface area contributed by atoms with E-state index in [1.807, 2.05) is 26.8 Å². The van der Waals surface area contributed by atoms with Crippen molar-refractivity contribution in [1.29, 1.82) is 5.26 Å². The molecule has 0 aliphatic rings. The first-order valence-corrected chi connectivity index (χ1v) is 11.1. The molecule has 0 unspecified atom stereocenters. The van der Waals surface area contributed by atoms with Gasteiger partial charge in [-0.1, -0.05) is 23.8 Å². The van der Waals surface area contributed by atoms with Crippen LogP contribution < -0.4 is 11.0 Å². The molecule has 3 aromatic heterocycles. The monoisotopic (exact) mass is 455 g/mol. The van der Waals surface area contributed by atoms with E-state index in [2.05, 4.69) is 16.0 Å². The van der Waals surface area contributed by atoms with E-state index in [-0.39, 0.29) is 28.1 Å². The molecular formula is C26H25N5O3. The number of amides is 1. The summed E-state index contributed by atoms with van der Waals surface area (Å²) >= 11 is 0. The zero-order valence-corrected chi connectivity index (χ0v) is 19.4. The van der Waals surface area contributed by atoms with Crippen LogP contribution in [0.15, 0.2) is 64.5 Å². The number of carbonyl (C=O) groups is 1. The van der Waals surface area contributed by atoms with E-state index >= 15 is 0 Å². The van der Waals surface area contributed by atoms with Gasteiger partial charge in [-0.15, -0.1) is 0 Å². The van der Waals surface area contributed by atoms with E-state index < -0.39 is 5.91 Å². The number of benzene rings is 1. The Balaban J connectivity index is 1.98. The number of hydrogen-bond donors (Lipinski definition) is 0. The van der Waals surface area contributed by atoms with Crippen LogP contribution in [0.25, 0.3) is 16.7 Å². The molecule has 4 aromatic rings. The maximum atomic E-state index is 13.2. The van der Waals surface area contributed by atoms with Crippen LogP contribution in [0, 0.1) is 18.3 Å². The molecule has 0 spiro atoms. The fourth-order valence-electron chi connectivity index (χ4n) is 3.77. The largest absolute Gasteiger partial charge is 0.379 e. The van der Waals surface area contributed by atoms with Gasteiger partial charge in [0.15, 0.2) is 5.49 Å². The lowest BCUT2D eigenvalue weighted by atomic mass is 10.1. The van der Waals surface area contributed by atoms with Gasteiger partial charge in [0.2, 0.25) is 0 Å². The Morgan fingerprint density at radius 1 is 1.21 bits per heavy atom. The number of hydrogen-bond acceptors (Lipinski definition) is 5. The van der Waals surface area contributed by atoms with Crippen molar-refractivity contribution in [2.24, 2.45) is 4.99 Å². The number of aromatic nitrogens is 3. The maximum Gasteiger partial charge on any atom is 0.279 e. The molecule has 0 N–H and O–H groups in total. The molecule has 0 bridgehead atoms. The summed E-state index contributed by atoms with van der Waals surface area (Å²) in [6.07, 6.45) is 2.30. The molecule has 0 fully saturated rings. The quantitative estimate of drug-likeness (QED) is 0.328. The molecule has 1 aromatic carbocycles. The summed E-state index contributed by atoms with van der Waals surface area (Å²) in [6, 6.07) is 16.0. The van der Waals surface area contributed by atoms with Gasteiger partial charge in [0.1, 0.15) is 17.4 Å². The standard InChI is InChI=1S/C26H25N5O3/c1-17(2)34-13-7-12-31-23(29-25(32)19-9-6-8-18(3)14-19)20(16-27)15-21-24(31)28-22-10-4-5-11-30(22)26(21)33/h4-6,8-11,14-15,17H,7,12-13H2,1-3H3. The highest BCUT2D eigenvalue weighted by Gasteiger charge is 2.15. The molecule has 0 saturated carbocycles. The predicted octanol–water partition coefficient (Wildman–Crippen LogP) is 3.39. The number of nitriles is 1. The number of carbonyl (C=O) groups excluding carboxylic acids is 1. The number of pyridine rings is 2. The van der Waals surface area contributed by atoms with Gasteiger partial charge in [-0.3, -0.25) is 14.0 Å². The van der Waals surface area contributed by atoms with E-state index in [0.29, 0.717) is 36.4 Å². The van der Waals surface area contributed by atoms with E-state index in [9.17, 15) is 14.9 Å². The second-order valence-electron chi connectivity index (χ2n) is 8.29. The SMILES string of the molecule is Cc1cccc(C(=O)N=c2c(C#N)cc3c(=O)n4ccccc4nc3n2CCCOC(C)C)c1. The van der Waals surface area contributed by atoms with E-state index in [0.717, 1.165) is 5.56 Å². The number of fused-ring (bicyclic) bond motifs is 2. The fraction of sp³-hybridized carbons (Fsp3) is 0.269. The highest BCUT2D eigenvalue weighted by molar-refractivity contribution is 5.95. The third-order valence-corrected chi connectivity index (χ3v) is 5.36. The van der Waals surface area contributed by atoms with Crippen molar-refractivity contribution in [3.8, 4) is 6.07 Å². The van der Waals surface area contributed by atoms with E-state index in [4.69, 9.17) is 4.74 Å². The second-order valence-corrected chi connectivity index (χ2v) is 8.29. The summed E-state index contributed by atoms with van der Waals surface area (Å²) in [7, 11) is 0. The first-order chi connectivity index (χ1) is 16.4. The lowest BCUT2D eigenvalue weighted by Gasteiger charge is -2.14. The van der Waals surface area contributed by atoms with Crippen LogP contribution in [0.3, 0.4) is 0 Å². The Bertz CT molecular complexity index is 1560. The fourth-order valence-corrected chi connectivity index (χ4v) is 3.77. The number of aryl methyl sites for hydroxylation is 2. The molecule has 0 radical (unpaired) electrons. The van der Waals surface area contributed by atoms with Gasteiger partial charge in [-0.2, -0.15) is 10.3 Å². The summed E-state index contributed by atoms with van der Waals surface area (Å²) in [5.74, 6) is -0.468. The first-order valence-electron chi connectivity index (χ1n) is 11.1. The Labute approximate surface area is 196 Å². The van der Waals surface area contributed by atoms with Crippen LogP contribution in [-0.4, -0.2) is 32.6 Å². The summed E-state index contributed by atoms with van der Waals surface area (Å²) in [4.78, 5) is 35.2. The van der Waals surface area contributed by atoms with Crippen molar-refractivity contribution in [2.45, 2.75) is 39.8 Å². The van der Waals surface area contributed by atoms with Gasteiger partial charge < -0.3 is 9.30 Å². The zero-order valence-electron chi connectivity index (χ0n) is 19.4. The van der Waals surface area contributed by atoms with Gasteiger partial charge >= 0.3 is 0 Å². The summed E-state index contributed by atoms with van der Waals surface area (Å²) in [6.45, 7) is 6.64. The number of rotatable bonds is 6. The minimum Gasteiger partial charge on any atom is -0.379 e. The smallest absolute Gasteiger partial charge is 0.279 e. The van der Waals surface area contributed by atoms with Gasteiger partial charge in [0.05, 0.1) is 17.1 Å². The molecule has 0 aliphatic heterocycles. The van der Waals surface area contributed by atoms with Crippen LogP contribution in [0.4, 0.5) is 0 Å². The van der Waals surface area contributed by atoms with Crippen molar-refractivity contribution in [3.63, 3.8) is 0 Å². The van der Waals surface area contributed by atoms with Gasteiger partial charge in [0.25, 0.3) is 11.5 Å². The van der Waals surface area contributed by atoms with Gasteiger partial charge in [0, 0.05) is 24.9 Å². The Kier molecular flexibility index (Phi) is 6.66. The molecule has 8 nitrogen and oxygen atoms in total. The molecule has 34 heavy (non-hydrogen) atoms. The molecule has 8 heteroatoms. The van der Waals surface area contributed by atoms with Crippen molar-refractivity contribution >= 4 is 22.6 Å². The average molecular weight is 456 g/mol. The van der Waals surface area contributed by atoms with Crippen LogP contribution >= 0.6 is 0 Å². The summed E-state index contributed by atoms with van der Waals surface area (Å²) in [5.41, 5.74) is 2.21. The minimum absolute atomic E-state index is 0.0750. The highest BCUT2D eigenvalue weighted by atomic mass is 16.5. The van der Waals surface area contributed by atoms with Gasteiger partial charge in [-0.05, 0) is 57.5 Å². The van der Waals surface area contributed by atoms with Crippen LogP contribution in [0.5, 0.6) is 0 Å². The molecule has 4 rings (SSSR count). The molecule has 1 amide bonds. The topological polar surface area (TPSA) is 102 Å². The predicted molar refractivity (Wildman–Crippen MR) is 128 cm³/mol. The zero-order chi connectivity index (χ0) is 24.2. The third kappa shape index (κ3) is 4.65. The van der Waals surface area contributed by atoms with E-state index in [1.54, 1.807) is 47.2 Å². The second kappa shape index (κ2) is 9.81. The molecule has 3 heterocycles. The lowest BCUT2D eigenvalue weighted by molar-refractivity contribution is 0.0748. The van der Waals surface area contributed by atoms with Crippen molar-refractivity contribution < 1.29 is 9.53 Å². The Hall–Kier alpha value is -4.09. The average Bonchev–Trinajstić information content (AvgIpc) is 2.82. The minimum atomic E-state index is -0.468. The van der Waals surface area contributed by atoms with Crippen LogP contribution in [0.2, 0.25) is 0 Å². The molecule has 0 saturated heterocycles. The molecular weight excluding hydrogens is 430 g/mol. The Morgan fingerprint density at radius 3 is 2.76 bits per heavy atom. The molecule has 172 valence electrons. The molecule has 0 atom stereocenters.